The van der Waals surface area contributed by atoms with Crippen LogP contribution in [0.15, 0.2) is 48.8 Å². The van der Waals surface area contributed by atoms with Gasteiger partial charge in [0.1, 0.15) is 18.2 Å². The van der Waals surface area contributed by atoms with Crippen LogP contribution in [0, 0.1) is 6.92 Å². The molecule has 0 spiro atoms. The summed E-state index contributed by atoms with van der Waals surface area (Å²) in [6.45, 7) is 4.12. The summed E-state index contributed by atoms with van der Waals surface area (Å²) in [6, 6.07) is 12.0. The largest absolute Gasteiger partial charge is 0.340 e. The molecular weight excluding hydrogens is 416 g/mol. The van der Waals surface area contributed by atoms with Crippen LogP contribution in [0.5, 0.6) is 0 Å². The summed E-state index contributed by atoms with van der Waals surface area (Å²) in [7, 11) is 0. The van der Waals surface area contributed by atoms with Gasteiger partial charge >= 0.3 is 0 Å². The number of likely N-dealkylation sites (tertiary alicyclic amines) is 1. The minimum Gasteiger partial charge on any atom is -0.340 e. The molecule has 5 rings (SSSR count). The molecule has 0 radical (unpaired) electrons. The molecule has 2 amide bonds. The highest BCUT2D eigenvalue weighted by Gasteiger charge is 2.33. The zero-order chi connectivity index (χ0) is 22.8. The van der Waals surface area contributed by atoms with Crippen LogP contribution < -0.4 is 4.90 Å². The van der Waals surface area contributed by atoms with Gasteiger partial charge in [0, 0.05) is 55.6 Å². The van der Waals surface area contributed by atoms with Gasteiger partial charge in [-0.05, 0) is 37.8 Å². The minimum atomic E-state index is 0.0514. The van der Waals surface area contributed by atoms with Crippen molar-refractivity contribution < 1.29 is 9.59 Å². The number of anilines is 1. The van der Waals surface area contributed by atoms with Gasteiger partial charge in [-0.3, -0.25) is 19.2 Å². The van der Waals surface area contributed by atoms with Crippen LogP contribution in [-0.2, 0) is 29.0 Å². The summed E-state index contributed by atoms with van der Waals surface area (Å²) in [5.41, 5.74) is 3.20. The number of fused-ring (bicyclic) bond motifs is 1. The number of aromatic nitrogens is 4. The molecule has 1 atom stereocenters. The molecule has 170 valence electrons. The smallest absolute Gasteiger partial charge is 0.244 e. The van der Waals surface area contributed by atoms with Crippen molar-refractivity contribution in [2.45, 2.75) is 45.1 Å². The number of aryl methyl sites for hydroxylation is 1. The molecule has 0 saturated carbocycles. The van der Waals surface area contributed by atoms with Gasteiger partial charge in [-0.1, -0.05) is 30.3 Å². The monoisotopic (exact) mass is 444 g/mol. The SMILES string of the molecule is Cc1nc([C@H]2CCN(C(=O)Cn3cccn3)C2)nc2c1CCC(=O)N2CCc1ccccc1. The lowest BCUT2D eigenvalue weighted by molar-refractivity contribution is -0.131. The Bertz CT molecular complexity index is 1150. The Hall–Kier alpha value is -3.55. The van der Waals surface area contributed by atoms with Gasteiger partial charge in [0.15, 0.2) is 0 Å². The molecule has 2 aliphatic heterocycles. The zero-order valence-corrected chi connectivity index (χ0v) is 18.9. The minimum absolute atomic E-state index is 0.0514. The molecule has 0 aliphatic carbocycles. The van der Waals surface area contributed by atoms with Crippen LogP contribution in [0.1, 0.15) is 41.4 Å². The van der Waals surface area contributed by atoms with Gasteiger partial charge in [0.05, 0.1) is 0 Å². The molecule has 3 aromatic rings. The maximum Gasteiger partial charge on any atom is 0.244 e. The van der Waals surface area contributed by atoms with E-state index in [1.165, 1.54) is 5.56 Å². The lowest BCUT2D eigenvalue weighted by atomic mass is 10.0. The van der Waals surface area contributed by atoms with Crippen molar-refractivity contribution in [3.8, 4) is 0 Å². The number of amides is 2. The predicted octanol–water partition coefficient (Wildman–Crippen LogP) is 2.52. The third-order valence-corrected chi connectivity index (χ3v) is 6.58. The normalized spacial score (nSPS) is 18.0. The summed E-state index contributed by atoms with van der Waals surface area (Å²) in [4.78, 5) is 38.9. The third kappa shape index (κ3) is 4.51. The quantitative estimate of drug-likeness (QED) is 0.583. The van der Waals surface area contributed by atoms with Crippen LogP contribution in [0.4, 0.5) is 5.82 Å². The Balaban J connectivity index is 1.33. The zero-order valence-electron chi connectivity index (χ0n) is 18.9. The topological polar surface area (TPSA) is 84.2 Å². The van der Waals surface area contributed by atoms with Crippen molar-refractivity contribution in [3.63, 3.8) is 0 Å². The first-order valence-corrected chi connectivity index (χ1v) is 11.6. The fraction of sp³-hybridized carbons (Fsp3) is 0.400. The Morgan fingerprint density at radius 1 is 1.12 bits per heavy atom. The van der Waals surface area contributed by atoms with E-state index < -0.39 is 0 Å². The molecule has 1 aromatic carbocycles. The molecule has 0 N–H and O–H groups in total. The van der Waals surface area contributed by atoms with Gasteiger partial charge in [0.2, 0.25) is 11.8 Å². The molecule has 0 unspecified atom stereocenters. The van der Waals surface area contributed by atoms with Crippen LogP contribution >= 0.6 is 0 Å². The number of hydrogen-bond donors (Lipinski definition) is 0. The van der Waals surface area contributed by atoms with E-state index in [0.717, 1.165) is 35.7 Å². The van der Waals surface area contributed by atoms with E-state index in [0.29, 0.717) is 32.5 Å². The molecule has 0 bridgehead atoms. The van der Waals surface area contributed by atoms with Crippen molar-refractivity contribution in [1.82, 2.24) is 24.6 Å². The van der Waals surface area contributed by atoms with Crippen LogP contribution in [0.3, 0.4) is 0 Å². The number of hydrogen-bond acceptors (Lipinski definition) is 5. The second kappa shape index (κ2) is 9.13. The van der Waals surface area contributed by atoms with Crippen LogP contribution in [0.2, 0.25) is 0 Å². The Morgan fingerprint density at radius 2 is 1.97 bits per heavy atom. The first-order valence-electron chi connectivity index (χ1n) is 11.6. The molecule has 8 heteroatoms. The Kier molecular flexibility index (Phi) is 5.90. The lowest BCUT2D eigenvalue weighted by Gasteiger charge is -2.30. The summed E-state index contributed by atoms with van der Waals surface area (Å²) >= 11 is 0. The van der Waals surface area contributed by atoms with E-state index in [1.54, 1.807) is 17.1 Å². The molecular formula is C25H28N6O2. The molecule has 1 saturated heterocycles. The van der Waals surface area contributed by atoms with E-state index in [1.807, 2.05) is 41.0 Å². The highest BCUT2D eigenvalue weighted by atomic mass is 16.2. The number of benzene rings is 1. The summed E-state index contributed by atoms with van der Waals surface area (Å²) in [6.07, 6.45) is 6.24. The number of nitrogens with zero attached hydrogens (tertiary/aromatic N) is 6. The average molecular weight is 445 g/mol. The van der Waals surface area contributed by atoms with Crippen LogP contribution in [0.25, 0.3) is 0 Å². The maximum atomic E-state index is 12.8. The molecule has 4 heterocycles. The van der Waals surface area contributed by atoms with E-state index in [4.69, 9.17) is 9.97 Å². The van der Waals surface area contributed by atoms with Gasteiger partial charge in [-0.2, -0.15) is 5.10 Å². The van der Waals surface area contributed by atoms with Gasteiger partial charge in [-0.15, -0.1) is 0 Å². The second-order valence-corrected chi connectivity index (χ2v) is 8.78. The first kappa shape index (κ1) is 21.3. The number of rotatable bonds is 6. The van der Waals surface area contributed by atoms with Gasteiger partial charge in [-0.25, -0.2) is 9.97 Å². The van der Waals surface area contributed by atoms with E-state index in [-0.39, 0.29) is 24.3 Å². The van der Waals surface area contributed by atoms with E-state index in [9.17, 15) is 9.59 Å². The predicted molar refractivity (Wildman–Crippen MR) is 124 cm³/mol. The second-order valence-electron chi connectivity index (χ2n) is 8.78. The van der Waals surface area contributed by atoms with Crippen molar-refractivity contribution in [1.29, 1.82) is 0 Å². The van der Waals surface area contributed by atoms with Gasteiger partial charge < -0.3 is 4.90 Å². The number of carbonyl (C=O) groups is 2. The Labute approximate surface area is 193 Å². The van der Waals surface area contributed by atoms with Crippen LogP contribution in [-0.4, -0.2) is 56.1 Å². The van der Waals surface area contributed by atoms with Crippen molar-refractivity contribution in [2.24, 2.45) is 0 Å². The molecule has 33 heavy (non-hydrogen) atoms. The van der Waals surface area contributed by atoms with Crippen molar-refractivity contribution in [2.75, 3.05) is 24.5 Å². The highest BCUT2D eigenvalue weighted by molar-refractivity contribution is 5.95. The average Bonchev–Trinajstić information content (AvgIpc) is 3.51. The molecule has 2 aromatic heterocycles. The lowest BCUT2D eigenvalue weighted by Crippen LogP contribution is -2.38. The standard InChI is InChI=1S/C25H28N6O2/c1-18-21-8-9-22(32)31(15-10-19-6-3-2-4-7-19)25(21)28-24(27-18)20-11-14-29(16-20)23(33)17-30-13-5-12-26-30/h2-7,12-13,20H,8-11,14-17H2,1H3/t20-/m0/s1. The van der Waals surface area contributed by atoms with Crippen molar-refractivity contribution in [3.05, 3.63) is 71.4 Å². The highest BCUT2D eigenvalue weighted by Crippen LogP contribution is 2.32. The van der Waals surface area contributed by atoms with Gasteiger partial charge in [0.25, 0.3) is 0 Å². The van der Waals surface area contributed by atoms with E-state index >= 15 is 0 Å². The molecule has 2 aliphatic rings. The molecule has 8 nitrogen and oxygen atoms in total. The summed E-state index contributed by atoms with van der Waals surface area (Å²) in [5.74, 6) is 1.73. The fourth-order valence-electron chi connectivity index (χ4n) is 4.73. The third-order valence-electron chi connectivity index (χ3n) is 6.58. The molecule has 1 fully saturated rings. The van der Waals surface area contributed by atoms with E-state index in [2.05, 4.69) is 17.2 Å². The summed E-state index contributed by atoms with van der Waals surface area (Å²) in [5, 5.41) is 4.13. The number of carbonyl (C=O) groups excluding carboxylic acids is 2. The Morgan fingerprint density at radius 3 is 2.76 bits per heavy atom. The first-order chi connectivity index (χ1) is 16.1. The maximum absolute atomic E-state index is 12.8. The fourth-order valence-corrected chi connectivity index (χ4v) is 4.73. The van der Waals surface area contributed by atoms with Crippen molar-refractivity contribution >= 4 is 17.6 Å². The summed E-state index contributed by atoms with van der Waals surface area (Å²) < 4.78 is 1.64.